The molecule has 0 bridgehead atoms. The van der Waals surface area contributed by atoms with Gasteiger partial charge in [-0.15, -0.1) is 0 Å². The molecule has 0 aromatic rings. The maximum Gasteiger partial charge on any atom is 1.00 e. The van der Waals surface area contributed by atoms with E-state index in [1.54, 1.807) is 20.8 Å². The van der Waals surface area contributed by atoms with Crippen molar-refractivity contribution >= 4 is 24.7 Å². The fraction of sp³-hybridized carbons (Fsp3) is 0.583. The summed E-state index contributed by atoms with van der Waals surface area (Å²) >= 11 is 0. The Morgan fingerprint density at radius 2 is 1.50 bits per heavy atom. The number of hydrogen-bond acceptors (Lipinski definition) is 7. The third kappa shape index (κ3) is 43.6. The Hall–Kier alpha value is -1.05. The van der Waals surface area contributed by atoms with E-state index in [1.807, 2.05) is 0 Å². The average Bonchev–Trinajstić information content (AvgIpc) is 2.32. The molecule has 7 nitrogen and oxygen atoms in total. The predicted octanol–water partition coefficient (Wildman–Crippen LogP) is -2.29. The van der Waals surface area contributed by atoms with Crippen molar-refractivity contribution in [3.63, 3.8) is 0 Å². The number of hydrogen-bond donors (Lipinski definition) is 0. The van der Waals surface area contributed by atoms with Gasteiger partial charge >= 0.3 is 35.5 Å². The van der Waals surface area contributed by atoms with Gasteiger partial charge in [0.25, 0.3) is 6.47 Å². The van der Waals surface area contributed by atoms with Crippen molar-refractivity contribution in [1.29, 1.82) is 0 Å². The number of rotatable bonds is 6. The molecule has 0 spiro atoms. The van der Waals surface area contributed by atoms with E-state index in [4.69, 9.17) is 0 Å². The summed E-state index contributed by atoms with van der Waals surface area (Å²) in [6.45, 7) is 8.30. The molecule has 0 amide bonds. The molecule has 8 heteroatoms. The van der Waals surface area contributed by atoms with Crippen molar-refractivity contribution < 1.29 is 62.9 Å². The fourth-order valence-corrected chi connectivity index (χ4v) is 0.517. The number of ether oxygens (including phenoxy) is 3. The maximum atomic E-state index is 10.1. The Labute approximate surface area is 141 Å². The minimum atomic E-state index is -0.581. The molecular weight excluding hydrogens is 279 g/mol. The Morgan fingerprint density at radius 3 is 1.65 bits per heavy atom. The third-order valence-corrected chi connectivity index (χ3v) is 1.07. The summed E-state index contributed by atoms with van der Waals surface area (Å²) in [6.07, 6.45) is 1.24. The second-order valence-corrected chi connectivity index (χ2v) is 2.53. The molecule has 0 unspecified atom stereocenters. The predicted molar refractivity (Wildman–Crippen MR) is 67.0 cm³/mol. The molecule has 0 aromatic carbocycles. The van der Waals surface area contributed by atoms with Crippen LogP contribution in [-0.4, -0.2) is 44.5 Å². The smallest absolute Gasteiger partial charge is 0.488 e. The molecule has 0 aliphatic heterocycles. The maximum absolute atomic E-state index is 10.1. The minimum absolute atomic E-state index is 0. The standard InChI is InChI=1S/C5H7O3.C4H8O2.C3H6O2.Na/c1-2-8-5(7)3-4-6;1-3-6-4(2)5;1-2-5-3-4;/h3-4H,2H2,1H3;3H2,1-2H3;3H,2H2,1H3;/q-1;;;+1. The normalized spacial score (nSPS) is 7.00. The van der Waals surface area contributed by atoms with Crippen LogP contribution in [0.25, 0.3) is 0 Å². The van der Waals surface area contributed by atoms with Gasteiger partial charge in [-0.05, 0) is 27.1 Å². The van der Waals surface area contributed by atoms with Crippen molar-refractivity contribution in [2.75, 3.05) is 19.8 Å². The van der Waals surface area contributed by atoms with Crippen LogP contribution >= 0.6 is 0 Å². The van der Waals surface area contributed by atoms with E-state index in [-0.39, 0.29) is 35.5 Å². The summed E-state index contributed by atoms with van der Waals surface area (Å²) in [4.78, 5) is 38.7. The molecule has 20 heavy (non-hydrogen) atoms. The summed E-state index contributed by atoms with van der Waals surface area (Å²) in [5.74, 6) is -0.792. The van der Waals surface area contributed by atoms with Crippen molar-refractivity contribution in [1.82, 2.24) is 0 Å². The monoisotopic (exact) mass is 300 g/mol. The fourth-order valence-electron chi connectivity index (χ4n) is 0.517. The number of carbonyl (C=O) groups excluding carboxylic acids is 4. The van der Waals surface area contributed by atoms with Gasteiger partial charge in [0.1, 0.15) is 0 Å². The Bertz CT molecular complexity index is 244. The van der Waals surface area contributed by atoms with E-state index in [2.05, 4.69) is 14.2 Å². The van der Waals surface area contributed by atoms with Crippen molar-refractivity contribution in [2.24, 2.45) is 0 Å². The summed E-state index contributed by atoms with van der Waals surface area (Å²) in [5, 5.41) is 0. The van der Waals surface area contributed by atoms with Crippen LogP contribution in [0, 0.1) is 6.42 Å². The molecule has 0 aromatic heterocycles. The summed E-state index contributed by atoms with van der Waals surface area (Å²) in [5.41, 5.74) is 0. The van der Waals surface area contributed by atoms with Gasteiger partial charge in [0.15, 0.2) is 5.97 Å². The van der Waals surface area contributed by atoms with Crippen LogP contribution < -0.4 is 29.6 Å². The summed E-state index contributed by atoms with van der Waals surface area (Å²) in [7, 11) is 0. The Kier molecular flexibility index (Phi) is 36.2. The number of carbonyl (C=O) groups is 4. The molecule has 0 heterocycles. The van der Waals surface area contributed by atoms with Gasteiger partial charge in [-0.2, -0.15) is 0 Å². The molecule has 0 aliphatic rings. The molecule has 0 rings (SSSR count). The van der Waals surface area contributed by atoms with E-state index < -0.39 is 5.97 Å². The van der Waals surface area contributed by atoms with Crippen molar-refractivity contribution in [3.05, 3.63) is 6.42 Å². The first-order valence-electron chi connectivity index (χ1n) is 5.63. The van der Waals surface area contributed by atoms with Gasteiger partial charge in [0, 0.05) is 6.92 Å². The van der Waals surface area contributed by atoms with Gasteiger partial charge < -0.3 is 19.0 Å². The number of esters is 2. The zero-order valence-electron chi connectivity index (χ0n) is 12.7. The first-order valence-corrected chi connectivity index (χ1v) is 5.63. The summed E-state index contributed by atoms with van der Waals surface area (Å²) in [6, 6.07) is 0. The zero-order chi connectivity index (χ0) is 15.5. The van der Waals surface area contributed by atoms with Gasteiger partial charge in [0.2, 0.25) is 0 Å². The molecule has 0 atom stereocenters. The van der Waals surface area contributed by atoms with Crippen LogP contribution in [-0.2, 0) is 33.4 Å². The Balaban J connectivity index is -0.0000000966. The first kappa shape index (κ1) is 27.3. The van der Waals surface area contributed by atoms with E-state index in [1.165, 1.54) is 6.92 Å². The molecule has 0 saturated heterocycles. The van der Waals surface area contributed by atoms with Gasteiger partial charge in [-0.1, -0.05) is 0 Å². The average molecular weight is 300 g/mol. The van der Waals surface area contributed by atoms with E-state index in [9.17, 15) is 19.2 Å². The molecule has 0 saturated carbocycles. The van der Waals surface area contributed by atoms with E-state index in [0.717, 1.165) is 6.42 Å². The number of aldehydes is 1. The van der Waals surface area contributed by atoms with Crippen LogP contribution in [0.2, 0.25) is 0 Å². The van der Waals surface area contributed by atoms with E-state index in [0.29, 0.717) is 32.6 Å². The second-order valence-electron chi connectivity index (χ2n) is 2.53. The summed E-state index contributed by atoms with van der Waals surface area (Å²) < 4.78 is 12.9. The van der Waals surface area contributed by atoms with Crippen LogP contribution in [0.4, 0.5) is 0 Å². The largest absolute Gasteiger partial charge is 1.00 e. The molecule has 0 aliphatic carbocycles. The molecular formula is C12H21NaO7. The van der Waals surface area contributed by atoms with Crippen molar-refractivity contribution in [2.45, 2.75) is 27.7 Å². The second kappa shape index (κ2) is 26.5. The van der Waals surface area contributed by atoms with E-state index >= 15 is 0 Å². The first-order chi connectivity index (χ1) is 8.99. The minimum Gasteiger partial charge on any atom is -0.488 e. The van der Waals surface area contributed by atoms with Crippen LogP contribution in [0.1, 0.15) is 27.7 Å². The molecule has 0 N–H and O–H groups in total. The van der Waals surface area contributed by atoms with Crippen molar-refractivity contribution in [3.8, 4) is 0 Å². The third-order valence-electron chi connectivity index (χ3n) is 1.07. The Morgan fingerprint density at radius 1 is 1.00 bits per heavy atom. The van der Waals surface area contributed by atoms with Crippen LogP contribution in [0.3, 0.4) is 0 Å². The molecule has 0 radical (unpaired) electrons. The zero-order valence-corrected chi connectivity index (χ0v) is 14.7. The van der Waals surface area contributed by atoms with Gasteiger partial charge in [0.05, 0.1) is 19.8 Å². The van der Waals surface area contributed by atoms with Gasteiger partial charge in [-0.3, -0.25) is 14.4 Å². The SMILES string of the molecule is CCOC(=O)[CH-]C=O.CCOC(C)=O.CCOC=O.[Na+]. The quantitative estimate of drug-likeness (QED) is 0.136. The topological polar surface area (TPSA) is 96.0 Å². The van der Waals surface area contributed by atoms with Crippen LogP contribution in [0.15, 0.2) is 0 Å². The molecule has 0 fully saturated rings. The van der Waals surface area contributed by atoms with Crippen LogP contribution in [0.5, 0.6) is 0 Å². The molecule has 112 valence electrons. The van der Waals surface area contributed by atoms with Gasteiger partial charge in [-0.25, -0.2) is 6.42 Å².